The Morgan fingerprint density at radius 2 is 2.06 bits per heavy atom. The van der Waals surface area contributed by atoms with Gasteiger partial charge in [-0.15, -0.1) is 0 Å². The zero-order valence-electron chi connectivity index (χ0n) is 9.50. The van der Waals surface area contributed by atoms with E-state index in [1.165, 1.54) is 0 Å². The smallest absolute Gasteiger partial charge is 0.346 e. The first-order valence-corrected chi connectivity index (χ1v) is 6.12. The number of anilines is 1. The minimum absolute atomic E-state index is 0.288. The summed E-state index contributed by atoms with van der Waals surface area (Å²) >= 11 is 0.764. The van der Waals surface area contributed by atoms with E-state index in [1.54, 1.807) is 4.90 Å². The van der Waals surface area contributed by atoms with Crippen molar-refractivity contribution in [1.29, 1.82) is 0 Å². The van der Waals surface area contributed by atoms with E-state index < -0.39 is 12.0 Å². The predicted octanol–water partition coefficient (Wildman–Crippen LogP) is 2.12. The molecule has 0 atom stereocenters. The minimum Gasteiger partial charge on any atom is -0.346 e. The number of unbranched alkanes of at least 4 members (excludes halogenated alkanes) is 1. The molecule has 1 aromatic heterocycles. The number of nitrogens with two attached hydrogens (primary N) is 1. The largest absolute Gasteiger partial charge is 0.452 e. The Kier molecular flexibility index (Phi) is 5.13. The second kappa shape index (κ2) is 6.15. The molecule has 8 heteroatoms. The van der Waals surface area contributed by atoms with Crippen LogP contribution in [0.25, 0.3) is 0 Å². The van der Waals surface area contributed by atoms with Gasteiger partial charge in [-0.25, -0.2) is 0 Å². The van der Waals surface area contributed by atoms with Gasteiger partial charge in [0.15, 0.2) is 0 Å². The maximum atomic E-state index is 12.3. The summed E-state index contributed by atoms with van der Waals surface area (Å²) < 4.78 is 40.3. The molecule has 0 saturated heterocycles. The first-order chi connectivity index (χ1) is 7.99. The molecule has 1 rings (SSSR count). The Morgan fingerprint density at radius 1 is 1.35 bits per heavy atom. The van der Waals surface area contributed by atoms with Gasteiger partial charge in [0.25, 0.3) is 0 Å². The van der Waals surface area contributed by atoms with E-state index in [-0.39, 0.29) is 5.13 Å². The van der Waals surface area contributed by atoms with Gasteiger partial charge in [0.05, 0.1) is 0 Å². The van der Waals surface area contributed by atoms with Crippen molar-refractivity contribution in [3.8, 4) is 0 Å². The van der Waals surface area contributed by atoms with E-state index in [9.17, 15) is 13.2 Å². The van der Waals surface area contributed by atoms with Crippen LogP contribution in [0.5, 0.6) is 0 Å². The zero-order valence-corrected chi connectivity index (χ0v) is 10.3. The molecule has 0 unspecified atom stereocenters. The van der Waals surface area contributed by atoms with Crippen molar-refractivity contribution in [3.63, 3.8) is 0 Å². The Balaban J connectivity index is 2.76. The number of hydrogen-bond donors (Lipinski definition) is 1. The summed E-state index contributed by atoms with van der Waals surface area (Å²) in [5.41, 5.74) is 5.42. The van der Waals surface area contributed by atoms with Crippen molar-refractivity contribution < 1.29 is 13.2 Å². The summed E-state index contributed by atoms with van der Waals surface area (Å²) in [6.07, 6.45) is -2.62. The maximum absolute atomic E-state index is 12.3. The van der Waals surface area contributed by atoms with E-state index in [4.69, 9.17) is 5.73 Å². The highest BCUT2D eigenvalue weighted by molar-refractivity contribution is 7.09. The minimum atomic E-state index is -4.48. The van der Waals surface area contributed by atoms with Crippen molar-refractivity contribution in [2.45, 2.75) is 25.9 Å². The lowest BCUT2D eigenvalue weighted by Crippen LogP contribution is -2.30. The van der Waals surface area contributed by atoms with Crippen LogP contribution in [0.15, 0.2) is 0 Å². The van der Waals surface area contributed by atoms with Gasteiger partial charge >= 0.3 is 6.18 Å². The topological polar surface area (TPSA) is 55.0 Å². The van der Waals surface area contributed by atoms with Gasteiger partial charge in [-0.05, 0) is 6.42 Å². The third kappa shape index (κ3) is 4.12. The molecular formula is C9H15F3N4S. The summed E-state index contributed by atoms with van der Waals surface area (Å²) in [5, 5.41) is 0.288. The van der Waals surface area contributed by atoms with Gasteiger partial charge in [0.1, 0.15) is 0 Å². The lowest BCUT2D eigenvalue weighted by Gasteiger charge is -2.19. The summed E-state index contributed by atoms with van der Waals surface area (Å²) in [5.74, 6) is -1.07. The van der Waals surface area contributed by atoms with Crippen LogP contribution in [-0.2, 0) is 6.18 Å². The molecule has 0 aliphatic rings. The third-order valence-electron chi connectivity index (χ3n) is 2.12. The SMILES string of the molecule is CCCCN(CCN)c1nc(C(F)(F)F)ns1. The molecule has 0 aliphatic heterocycles. The van der Waals surface area contributed by atoms with E-state index in [0.717, 1.165) is 24.4 Å². The molecule has 4 nitrogen and oxygen atoms in total. The number of rotatable bonds is 6. The first-order valence-electron chi connectivity index (χ1n) is 5.35. The highest BCUT2D eigenvalue weighted by Crippen LogP contribution is 2.30. The molecule has 2 N–H and O–H groups in total. The van der Waals surface area contributed by atoms with Crippen LogP contribution in [0.1, 0.15) is 25.6 Å². The maximum Gasteiger partial charge on any atom is 0.452 e. The molecule has 0 bridgehead atoms. The number of nitrogens with zero attached hydrogens (tertiary/aromatic N) is 3. The zero-order chi connectivity index (χ0) is 12.9. The fraction of sp³-hybridized carbons (Fsp3) is 0.778. The molecule has 17 heavy (non-hydrogen) atoms. The summed E-state index contributed by atoms with van der Waals surface area (Å²) in [6.45, 7) is 3.54. The van der Waals surface area contributed by atoms with Crippen molar-refractivity contribution in [2.75, 3.05) is 24.5 Å². The van der Waals surface area contributed by atoms with Gasteiger partial charge in [-0.3, -0.25) is 0 Å². The van der Waals surface area contributed by atoms with Gasteiger partial charge in [0, 0.05) is 31.2 Å². The van der Waals surface area contributed by atoms with Crippen LogP contribution < -0.4 is 10.6 Å². The fourth-order valence-electron chi connectivity index (χ4n) is 1.27. The summed E-state index contributed by atoms with van der Waals surface area (Å²) in [4.78, 5) is 5.25. The number of halogens is 3. The second-order valence-electron chi connectivity index (χ2n) is 3.53. The lowest BCUT2D eigenvalue weighted by molar-refractivity contribution is -0.144. The Bertz CT molecular complexity index is 339. The van der Waals surface area contributed by atoms with Crippen molar-refractivity contribution >= 4 is 16.7 Å². The summed E-state index contributed by atoms with van der Waals surface area (Å²) in [7, 11) is 0. The van der Waals surface area contributed by atoms with Gasteiger partial charge < -0.3 is 10.6 Å². The number of hydrogen-bond acceptors (Lipinski definition) is 5. The van der Waals surface area contributed by atoms with E-state index in [0.29, 0.717) is 19.6 Å². The Morgan fingerprint density at radius 3 is 2.53 bits per heavy atom. The molecular weight excluding hydrogens is 253 g/mol. The lowest BCUT2D eigenvalue weighted by atomic mass is 10.3. The standard InChI is InChI=1S/C9H15F3N4S/c1-2-3-5-16(6-4-13)8-14-7(15-17-8)9(10,11)12/h2-6,13H2,1H3. The second-order valence-corrected chi connectivity index (χ2v) is 4.26. The highest BCUT2D eigenvalue weighted by Gasteiger charge is 2.36. The molecule has 0 aromatic carbocycles. The number of aromatic nitrogens is 2. The molecule has 1 aromatic rings. The molecule has 1 heterocycles. The Labute approximate surface area is 102 Å². The summed E-state index contributed by atoms with van der Waals surface area (Å²) in [6, 6.07) is 0. The average molecular weight is 268 g/mol. The van der Waals surface area contributed by atoms with Gasteiger partial charge in [-0.1, -0.05) is 13.3 Å². The monoisotopic (exact) mass is 268 g/mol. The molecule has 98 valence electrons. The van der Waals surface area contributed by atoms with Crippen molar-refractivity contribution in [1.82, 2.24) is 9.36 Å². The van der Waals surface area contributed by atoms with E-state index in [1.807, 2.05) is 6.92 Å². The highest BCUT2D eigenvalue weighted by atomic mass is 32.1. The predicted molar refractivity (Wildman–Crippen MR) is 61.1 cm³/mol. The third-order valence-corrected chi connectivity index (χ3v) is 2.90. The molecule has 0 aliphatic carbocycles. The van der Waals surface area contributed by atoms with Crippen LogP contribution in [0, 0.1) is 0 Å². The number of alkyl halides is 3. The van der Waals surface area contributed by atoms with Crippen LogP contribution in [0.3, 0.4) is 0 Å². The van der Waals surface area contributed by atoms with Crippen molar-refractivity contribution in [3.05, 3.63) is 5.82 Å². The molecule has 0 spiro atoms. The molecule has 0 radical (unpaired) electrons. The van der Waals surface area contributed by atoms with Crippen LogP contribution in [-0.4, -0.2) is 29.0 Å². The van der Waals surface area contributed by atoms with E-state index >= 15 is 0 Å². The first kappa shape index (κ1) is 14.2. The van der Waals surface area contributed by atoms with Gasteiger partial charge in [0.2, 0.25) is 11.0 Å². The van der Waals surface area contributed by atoms with Crippen LogP contribution in [0.4, 0.5) is 18.3 Å². The molecule has 0 amide bonds. The van der Waals surface area contributed by atoms with Crippen LogP contribution in [0.2, 0.25) is 0 Å². The van der Waals surface area contributed by atoms with Crippen LogP contribution >= 0.6 is 11.5 Å². The normalized spacial score (nSPS) is 11.8. The van der Waals surface area contributed by atoms with E-state index in [2.05, 4.69) is 9.36 Å². The van der Waals surface area contributed by atoms with Gasteiger partial charge in [-0.2, -0.15) is 22.5 Å². The molecule has 0 fully saturated rings. The quantitative estimate of drug-likeness (QED) is 0.858. The fourth-order valence-corrected chi connectivity index (χ4v) is 2.00. The average Bonchev–Trinajstić information content (AvgIpc) is 2.72. The van der Waals surface area contributed by atoms with Crippen molar-refractivity contribution in [2.24, 2.45) is 5.73 Å². The Hall–Kier alpha value is -0.890. The molecule has 0 saturated carbocycles.